The van der Waals surface area contributed by atoms with E-state index < -0.39 is 0 Å². The van der Waals surface area contributed by atoms with Gasteiger partial charge in [-0.2, -0.15) is 7.05 Å². The second-order valence-corrected chi connectivity index (χ2v) is 4.72. The average molecular weight is 207 g/mol. The number of likely N-dealkylation sites (tertiary alicyclic amines) is 1. The fourth-order valence-corrected chi connectivity index (χ4v) is 2.49. The van der Waals surface area contributed by atoms with Gasteiger partial charge < -0.3 is 4.90 Å². The maximum absolute atomic E-state index is 4.10. The van der Waals surface area contributed by atoms with Gasteiger partial charge in [0.1, 0.15) is 0 Å². The molecule has 0 atom stereocenters. The lowest BCUT2D eigenvalue weighted by Crippen LogP contribution is -3.08. The molecule has 0 aromatic carbocycles. The molecule has 0 aromatic rings. The van der Waals surface area contributed by atoms with Gasteiger partial charge in [-0.3, -0.25) is 0 Å². The van der Waals surface area contributed by atoms with Crippen molar-refractivity contribution in [1.82, 2.24) is 0 Å². The van der Waals surface area contributed by atoms with E-state index in [4.69, 9.17) is 0 Å². The van der Waals surface area contributed by atoms with Crippen molar-refractivity contribution in [3.05, 3.63) is 31.4 Å². The molecule has 1 heteroatoms. The van der Waals surface area contributed by atoms with Crippen molar-refractivity contribution in [3.63, 3.8) is 0 Å². The fraction of sp³-hybridized carbons (Fsp3) is 0.643. The molecule has 1 N–H and O–H groups in total. The minimum atomic E-state index is 0.468. The lowest BCUT2D eigenvalue weighted by molar-refractivity contribution is -0.861. The first-order chi connectivity index (χ1) is 7.22. The lowest BCUT2D eigenvalue weighted by Gasteiger charge is -2.39. The summed E-state index contributed by atoms with van der Waals surface area (Å²) in [6.07, 6.45) is 14.2. The van der Waals surface area contributed by atoms with Crippen molar-refractivity contribution < 1.29 is 4.90 Å². The van der Waals surface area contributed by atoms with Crippen molar-refractivity contribution in [2.45, 2.75) is 39.5 Å². The van der Waals surface area contributed by atoms with Crippen LogP contribution in [0.3, 0.4) is 0 Å². The van der Waals surface area contributed by atoms with Crippen molar-refractivity contribution in [3.8, 4) is 0 Å². The van der Waals surface area contributed by atoms with Crippen molar-refractivity contribution >= 4 is 0 Å². The monoisotopic (exact) mass is 207 g/mol. The van der Waals surface area contributed by atoms with E-state index in [1.165, 1.54) is 43.7 Å². The third-order valence-corrected chi connectivity index (χ3v) is 3.52. The van der Waals surface area contributed by atoms with E-state index in [-0.39, 0.29) is 0 Å². The number of rotatable bonds is 4. The zero-order valence-electron chi connectivity index (χ0n) is 10.3. The van der Waals surface area contributed by atoms with Crippen LogP contribution in [-0.2, 0) is 0 Å². The molecule has 0 spiro atoms. The van der Waals surface area contributed by atoms with Crippen molar-refractivity contribution in [2.75, 3.05) is 13.1 Å². The summed E-state index contributed by atoms with van der Waals surface area (Å²) in [4.78, 5) is 1.45. The summed E-state index contributed by atoms with van der Waals surface area (Å²) in [5, 5.41) is 0. The summed E-state index contributed by atoms with van der Waals surface area (Å²) in [5.74, 6) is 0. The Morgan fingerprint density at radius 2 is 1.87 bits per heavy atom. The number of hydrogen-bond donors (Lipinski definition) is 1. The molecule has 1 saturated heterocycles. The third kappa shape index (κ3) is 3.83. The van der Waals surface area contributed by atoms with Gasteiger partial charge >= 0.3 is 0 Å². The highest BCUT2D eigenvalue weighted by molar-refractivity contribution is 5.00. The van der Waals surface area contributed by atoms with Crippen LogP contribution < -0.4 is 4.90 Å². The Morgan fingerprint density at radius 3 is 2.40 bits per heavy atom. The van der Waals surface area contributed by atoms with E-state index in [0.717, 1.165) is 0 Å². The highest BCUT2D eigenvalue weighted by Crippen LogP contribution is 2.34. The van der Waals surface area contributed by atoms with Crippen molar-refractivity contribution in [2.24, 2.45) is 5.41 Å². The van der Waals surface area contributed by atoms with E-state index in [1.54, 1.807) is 0 Å². The molecule has 0 amide bonds. The Labute approximate surface area is 94.9 Å². The molecule has 15 heavy (non-hydrogen) atoms. The molecule has 0 unspecified atom stereocenters. The minimum Gasteiger partial charge on any atom is -0.468 e. The Hall–Kier alpha value is -0.560. The molecule has 86 valence electrons. The predicted molar refractivity (Wildman–Crippen MR) is 66.6 cm³/mol. The summed E-state index contributed by atoms with van der Waals surface area (Å²) in [7, 11) is 4.10. The van der Waals surface area contributed by atoms with Gasteiger partial charge in [0.25, 0.3) is 0 Å². The van der Waals surface area contributed by atoms with Crippen molar-refractivity contribution in [1.29, 1.82) is 0 Å². The first-order valence-electron chi connectivity index (χ1n) is 6.14. The predicted octanol–water partition coefficient (Wildman–Crippen LogP) is 2.38. The van der Waals surface area contributed by atoms with Crippen LogP contribution in [0, 0.1) is 12.5 Å². The Bertz CT molecular complexity index is 219. The molecule has 1 aliphatic heterocycles. The van der Waals surface area contributed by atoms with Crippen LogP contribution in [0.25, 0.3) is 0 Å². The molecule has 0 saturated carbocycles. The second-order valence-electron chi connectivity index (χ2n) is 4.72. The summed E-state index contributed by atoms with van der Waals surface area (Å²) in [5.41, 5.74) is 0.468. The number of allylic oxidation sites excluding steroid dienone is 4. The van der Waals surface area contributed by atoms with Gasteiger partial charge in [0.15, 0.2) is 0 Å². The van der Waals surface area contributed by atoms with Crippen LogP contribution in [0.4, 0.5) is 0 Å². The Morgan fingerprint density at radius 1 is 1.20 bits per heavy atom. The molecule has 0 bridgehead atoms. The van der Waals surface area contributed by atoms with Crippen LogP contribution in [-0.4, -0.2) is 13.1 Å². The molecular weight excluding hydrogens is 182 g/mol. The fourth-order valence-electron chi connectivity index (χ4n) is 2.49. The van der Waals surface area contributed by atoms with Crippen LogP contribution in [0.15, 0.2) is 24.3 Å². The SMILES string of the molecule is [CH2-][NH+]1CCC(C=CC)(CCC=CC)CC1. The highest BCUT2D eigenvalue weighted by Gasteiger charge is 2.30. The zero-order chi connectivity index (χ0) is 11.1. The maximum Gasteiger partial charge on any atom is 0.0538 e. The van der Waals surface area contributed by atoms with Crippen LogP contribution in [0.5, 0.6) is 0 Å². The molecule has 1 heterocycles. The number of piperidine rings is 1. The van der Waals surface area contributed by atoms with Gasteiger partial charge in [-0.1, -0.05) is 24.3 Å². The standard InChI is InChI=1S/C14H25N/c1-4-6-7-9-14(8-5-2)10-12-15(3)13-11-14/h4-6,8,15H,3,7,9-13H2,1-2H3. The van der Waals surface area contributed by atoms with E-state index in [9.17, 15) is 0 Å². The van der Waals surface area contributed by atoms with Gasteiger partial charge in [-0.05, 0) is 32.1 Å². The van der Waals surface area contributed by atoms with Gasteiger partial charge in [0, 0.05) is 12.8 Å². The smallest absolute Gasteiger partial charge is 0.0538 e. The van der Waals surface area contributed by atoms with Crippen LogP contribution in [0.2, 0.25) is 0 Å². The maximum atomic E-state index is 4.10. The zero-order valence-corrected chi connectivity index (χ0v) is 10.3. The Kier molecular flexibility index (Phi) is 5.10. The molecule has 1 aliphatic rings. The summed E-state index contributed by atoms with van der Waals surface area (Å²) < 4.78 is 0. The quantitative estimate of drug-likeness (QED) is 0.533. The van der Waals surface area contributed by atoms with Gasteiger partial charge in [-0.25, -0.2) is 0 Å². The molecule has 1 fully saturated rings. The summed E-state index contributed by atoms with van der Waals surface area (Å²) in [6, 6.07) is 0. The molecule has 1 nitrogen and oxygen atoms in total. The van der Waals surface area contributed by atoms with Crippen LogP contribution in [0.1, 0.15) is 39.5 Å². The number of quaternary nitrogens is 1. The highest BCUT2D eigenvalue weighted by atomic mass is 15.1. The topological polar surface area (TPSA) is 4.44 Å². The second kappa shape index (κ2) is 6.12. The number of nitrogens with one attached hydrogen (secondary N) is 1. The minimum absolute atomic E-state index is 0.468. The summed E-state index contributed by atoms with van der Waals surface area (Å²) in [6.45, 7) is 6.69. The summed E-state index contributed by atoms with van der Waals surface area (Å²) >= 11 is 0. The van der Waals surface area contributed by atoms with Gasteiger partial charge in [0.2, 0.25) is 0 Å². The molecule has 1 rings (SSSR count). The van der Waals surface area contributed by atoms with E-state index >= 15 is 0 Å². The van der Waals surface area contributed by atoms with Crippen LogP contribution >= 0.6 is 0 Å². The first-order valence-corrected chi connectivity index (χ1v) is 6.14. The van der Waals surface area contributed by atoms with E-state index in [2.05, 4.69) is 45.2 Å². The average Bonchev–Trinajstić information content (AvgIpc) is 2.23. The normalized spacial score (nSPS) is 32.9. The molecular formula is C14H25N. The van der Waals surface area contributed by atoms with E-state index in [0.29, 0.717) is 5.41 Å². The largest absolute Gasteiger partial charge is 0.468 e. The molecule has 0 radical (unpaired) electrons. The van der Waals surface area contributed by atoms with Gasteiger partial charge in [0.05, 0.1) is 13.1 Å². The Balaban J connectivity index is 2.54. The lowest BCUT2D eigenvalue weighted by atomic mass is 9.74. The number of hydrogen-bond acceptors (Lipinski definition) is 0. The third-order valence-electron chi connectivity index (χ3n) is 3.52. The first kappa shape index (κ1) is 12.5. The molecule has 0 aliphatic carbocycles. The van der Waals surface area contributed by atoms with E-state index in [1.807, 2.05) is 0 Å². The molecule has 0 aromatic heterocycles. The van der Waals surface area contributed by atoms with Gasteiger partial charge in [-0.15, -0.1) is 0 Å².